The molecule has 0 aromatic carbocycles. The molecule has 7 nitrogen and oxygen atoms in total. The molecule has 7 heteroatoms. The number of aromatic nitrogens is 1. The van der Waals surface area contributed by atoms with Crippen LogP contribution in [0.5, 0.6) is 0 Å². The smallest absolute Gasteiger partial charge is 0.270 e. The van der Waals surface area contributed by atoms with E-state index in [4.69, 9.17) is 10.9 Å². The molecule has 1 amide bonds. The van der Waals surface area contributed by atoms with E-state index in [-0.39, 0.29) is 17.8 Å². The van der Waals surface area contributed by atoms with Gasteiger partial charge in [0, 0.05) is 24.3 Å². The molecule has 1 unspecified atom stereocenters. The fraction of sp³-hybridized carbons (Fsp3) is 0.417. The largest absolute Gasteiger partial charge is 0.409 e. The summed E-state index contributed by atoms with van der Waals surface area (Å²) in [5, 5.41) is 14.3. The molecule has 2 heterocycles. The first-order valence-corrected chi connectivity index (χ1v) is 6.03. The monoisotopic (exact) mass is 263 g/mol. The van der Waals surface area contributed by atoms with Gasteiger partial charge in [-0.1, -0.05) is 5.16 Å². The van der Waals surface area contributed by atoms with Gasteiger partial charge in [-0.05, 0) is 32.1 Å². The van der Waals surface area contributed by atoms with Crippen molar-refractivity contribution in [2.45, 2.75) is 12.5 Å². The predicted molar refractivity (Wildman–Crippen MR) is 70.1 cm³/mol. The van der Waals surface area contributed by atoms with Gasteiger partial charge in [0.05, 0.1) is 0 Å². The molecule has 1 aromatic heterocycles. The minimum absolute atomic E-state index is 0.0307. The number of nitrogens with one attached hydrogen (secondary N) is 1. The second-order valence-corrected chi connectivity index (χ2v) is 4.64. The summed E-state index contributed by atoms with van der Waals surface area (Å²) >= 11 is 0. The second kappa shape index (κ2) is 5.66. The lowest BCUT2D eigenvalue weighted by atomic mass is 10.2. The highest BCUT2D eigenvalue weighted by molar-refractivity contribution is 5.98. The lowest BCUT2D eigenvalue weighted by molar-refractivity contribution is 0.0933. The minimum atomic E-state index is -0.202. The highest BCUT2D eigenvalue weighted by Gasteiger charge is 2.21. The summed E-state index contributed by atoms with van der Waals surface area (Å²) in [6.07, 6.45) is 2.36. The number of carbonyl (C=O) groups excluding carboxylic acids is 1. The molecule has 1 atom stereocenters. The quantitative estimate of drug-likeness (QED) is 0.298. The number of rotatable bonds is 3. The molecule has 0 spiro atoms. The molecule has 1 saturated heterocycles. The van der Waals surface area contributed by atoms with Gasteiger partial charge >= 0.3 is 0 Å². The van der Waals surface area contributed by atoms with Crippen molar-refractivity contribution >= 4 is 11.7 Å². The molecule has 0 radical (unpaired) electrons. The number of likely N-dealkylation sites (N-methyl/N-ethyl adjacent to an activating group) is 1. The van der Waals surface area contributed by atoms with Crippen molar-refractivity contribution in [1.29, 1.82) is 0 Å². The molecule has 0 aliphatic carbocycles. The standard InChI is InChI=1S/C12H17N5O2/c1-17-5-4-9(7-17)15-12(18)10-3-2-8(6-14-10)11(13)16-19/h2-3,6,9,19H,4-5,7H2,1H3,(H2,13,16)(H,15,18). The Bertz CT molecular complexity index is 485. The fourth-order valence-electron chi connectivity index (χ4n) is 2.05. The molecule has 4 N–H and O–H groups in total. The number of hydrogen-bond acceptors (Lipinski definition) is 5. The number of amides is 1. The molecular weight excluding hydrogens is 246 g/mol. The molecule has 19 heavy (non-hydrogen) atoms. The third-order valence-electron chi connectivity index (χ3n) is 3.13. The second-order valence-electron chi connectivity index (χ2n) is 4.64. The SMILES string of the molecule is CN1CCC(NC(=O)c2ccc(C(N)=NO)cn2)C1. The van der Waals surface area contributed by atoms with Crippen molar-refractivity contribution in [2.75, 3.05) is 20.1 Å². The topological polar surface area (TPSA) is 104 Å². The molecule has 1 fully saturated rings. The average molecular weight is 263 g/mol. The number of nitrogens with zero attached hydrogens (tertiary/aromatic N) is 3. The van der Waals surface area contributed by atoms with Crippen LogP contribution in [0.25, 0.3) is 0 Å². The van der Waals surface area contributed by atoms with E-state index in [2.05, 4.69) is 20.4 Å². The highest BCUT2D eigenvalue weighted by atomic mass is 16.4. The number of likely N-dealkylation sites (tertiary alicyclic amines) is 1. The molecule has 1 aliphatic rings. The highest BCUT2D eigenvalue weighted by Crippen LogP contribution is 2.07. The third-order valence-corrected chi connectivity index (χ3v) is 3.13. The number of oxime groups is 1. The van der Waals surface area contributed by atoms with E-state index in [1.54, 1.807) is 12.1 Å². The Morgan fingerprint density at radius 1 is 1.63 bits per heavy atom. The summed E-state index contributed by atoms with van der Waals surface area (Å²) in [7, 11) is 2.02. The summed E-state index contributed by atoms with van der Waals surface area (Å²) in [6, 6.07) is 3.32. The molecule has 102 valence electrons. The number of hydrogen-bond donors (Lipinski definition) is 3. The maximum atomic E-state index is 12.0. The summed E-state index contributed by atoms with van der Waals surface area (Å²) in [6.45, 7) is 1.84. The zero-order chi connectivity index (χ0) is 13.8. The van der Waals surface area contributed by atoms with Crippen molar-refractivity contribution in [3.05, 3.63) is 29.6 Å². The van der Waals surface area contributed by atoms with E-state index >= 15 is 0 Å². The van der Waals surface area contributed by atoms with E-state index in [1.807, 2.05) is 7.05 Å². The predicted octanol–water partition coefficient (Wildman–Crippen LogP) is -0.390. The molecule has 1 aliphatic heterocycles. The Labute approximate surface area is 111 Å². The number of carbonyl (C=O) groups is 1. The fourth-order valence-corrected chi connectivity index (χ4v) is 2.05. The van der Waals surface area contributed by atoms with Crippen LogP contribution in [-0.2, 0) is 0 Å². The van der Waals surface area contributed by atoms with Crippen LogP contribution in [0.15, 0.2) is 23.5 Å². The van der Waals surface area contributed by atoms with Gasteiger partial charge in [-0.25, -0.2) is 0 Å². The van der Waals surface area contributed by atoms with Crippen molar-refractivity contribution in [3.8, 4) is 0 Å². The van der Waals surface area contributed by atoms with Crippen LogP contribution in [-0.4, -0.2) is 53.0 Å². The van der Waals surface area contributed by atoms with Crippen molar-refractivity contribution in [1.82, 2.24) is 15.2 Å². The van der Waals surface area contributed by atoms with Crippen LogP contribution in [0.1, 0.15) is 22.5 Å². The van der Waals surface area contributed by atoms with Crippen LogP contribution >= 0.6 is 0 Å². The lowest BCUT2D eigenvalue weighted by Gasteiger charge is -2.12. The minimum Gasteiger partial charge on any atom is -0.409 e. The maximum absolute atomic E-state index is 12.0. The first-order chi connectivity index (χ1) is 9.10. The number of nitrogens with two attached hydrogens (primary N) is 1. The van der Waals surface area contributed by atoms with Crippen LogP contribution in [0, 0.1) is 0 Å². The van der Waals surface area contributed by atoms with Crippen molar-refractivity contribution in [3.63, 3.8) is 0 Å². The molecule has 0 bridgehead atoms. The Hall–Kier alpha value is -2.15. The molecule has 0 saturated carbocycles. The first-order valence-electron chi connectivity index (χ1n) is 6.03. The van der Waals surface area contributed by atoms with E-state index in [1.165, 1.54) is 6.20 Å². The Morgan fingerprint density at radius 3 is 2.95 bits per heavy atom. The number of amidine groups is 1. The van der Waals surface area contributed by atoms with Crippen LogP contribution in [0.2, 0.25) is 0 Å². The van der Waals surface area contributed by atoms with Gasteiger partial charge in [0.25, 0.3) is 5.91 Å². The van der Waals surface area contributed by atoms with E-state index in [0.29, 0.717) is 11.3 Å². The lowest BCUT2D eigenvalue weighted by Crippen LogP contribution is -2.36. The van der Waals surface area contributed by atoms with Crippen LogP contribution in [0.3, 0.4) is 0 Å². The zero-order valence-electron chi connectivity index (χ0n) is 10.7. The summed E-state index contributed by atoms with van der Waals surface area (Å²) in [5.41, 5.74) is 6.22. The van der Waals surface area contributed by atoms with Gasteiger partial charge in [0.2, 0.25) is 0 Å². The normalized spacial score (nSPS) is 20.5. The maximum Gasteiger partial charge on any atom is 0.270 e. The van der Waals surface area contributed by atoms with Crippen molar-refractivity contribution in [2.24, 2.45) is 10.9 Å². The third kappa shape index (κ3) is 3.19. The van der Waals surface area contributed by atoms with Crippen molar-refractivity contribution < 1.29 is 10.0 Å². The molecular formula is C12H17N5O2. The van der Waals surface area contributed by atoms with Gasteiger partial charge in [0.15, 0.2) is 5.84 Å². The Morgan fingerprint density at radius 2 is 2.42 bits per heavy atom. The zero-order valence-corrected chi connectivity index (χ0v) is 10.7. The van der Waals surface area contributed by atoms with Gasteiger partial charge in [0.1, 0.15) is 5.69 Å². The summed E-state index contributed by atoms with van der Waals surface area (Å²) in [5.74, 6) is -0.233. The van der Waals surface area contributed by atoms with Crippen LogP contribution < -0.4 is 11.1 Å². The van der Waals surface area contributed by atoms with Gasteiger partial charge < -0.3 is 21.2 Å². The number of pyridine rings is 1. The Kier molecular flexibility index (Phi) is 3.96. The van der Waals surface area contributed by atoms with E-state index in [0.717, 1.165) is 19.5 Å². The molecule has 2 rings (SSSR count). The summed E-state index contributed by atoms with van der Waals surface area (Å²) in [4.78, 5) is 18.1. The van der Waals surface area contributed by atoms with E-state index < -0.39 is 0 Å². The first kappa shape index (κ1) is 13.3. The van der Waals surface area contributed by atoms with E-state index in [9.17, 15) is 4.79 Å². The average Bonchev–Trinajstić information content (AvgIpc) is 2.83. The molecule has 1 aromatic rings. The van der Waals surface area contributed by atoms with Gasteiger partial charge in [-0.3, -0.25) is 9.78 Å². The van der Waals surface area contributed by atoms with Gasteiger partial charge in [-0.15, -0.1) is 0 Å². The summed E-state index contributed by atoms with van der Waals surface area (Å²) < 4.78 is 0. The Balaban J connectivity index is 2.00. The van der Waals surface area contributed by atoms with Gasteiger partial charge in [-0.2, -0.15) is 0 Å². The van der Waals surface area contributed by atoms with Crippen LogP contribution in [0.4, 0.5) is 0 Å².